The minimum Gasteiger partial charge on any atom is -0.326 e. The zero-order chi connectivity index (χ0) is 18.3. The molecule has 0 aliphatic carbocycles. The molecule has 3 aromatic rings. The number of carbonyl (C=O) groups is 1. The maximum absolute atomic E-state index is 12.7. The van der Waals surface area contributed by atoms with Gasteiger partial charge in [0, 0.05) is 24.7 Å². The summed E-state index contributed by atoms with van der Waals surface area (Å²) < 4.78 is 0. The third-order valence-electron chi connectivity index (χ3n) is 4.28. The highest BCUT2D eigenvalue weighted by atomic mass is 32.2. The van der Waals surface area contributed by atoms with Crippen LogP contribution >= 0.6 is 23.1 Å². The predicted octanol–water partition coefficient (Wildman–Crippen LogP) is 4.36. The molecule has 0 unspecified atom stereocenters. The van der Waals surface area contributed by atoms with Gasteiger partial charge in [-0.3, -0.25) is 4.79 Å². The van der Waals surface area contributed by atoms with Gasteiger partial charge in [0.05, 0.1) is 11.9 Å². The molecule has 0 bridgehead atoms. The maximum atomic E-state index is 12.7. The van der Waals surface area contributed by atoms with Crippen LogP contribution in [0.1, 0.15) is 9.67 Å². The molecule has 8 heteroatoms. The summed E-state index contributed by atoms with van der Waals surface area (Å²) in [6.45, 7) is 0. The van der Waals surface area contributed by atoms with E-state index in [2.05, 4.69) is 15.3 Å². The fourth-order valence-electron chi connectivity index (χ4n) is 2.82. The number of thioether (sulfide) groups is 1. The Labute approximate surface area is 159 Å². The van der Waals surface area contributed by atoms with Crippen molar-refractivity contribution in [1.82, 2.24) is 9.97 Å². The van der Waals surface area contributed by atoms with Crippen molar-refractivity contribution in [1.29, 1.82) is 0 Å². The number of nitrogens with one attached hydrogen (secondary N) is 1. The molecule has 6 nitrogen and oxygen atoms in total. The van der Waals surface area contributed by atoms with Gasteiger partial charge < -0.3 is 15.1 Å². The predicted molar refractivity (Wildman–Crippen MR) is 109 cm³/mol. The van der Waals surface area contributed by atoms with Crippen LogP contribution in [0.2, 0.25) is 0 Å². The van der Waals surface area contributed by atoms with Gasteiger partial charge in [0.2, 0.25) is 5.95 Å². The second-order valence-electron chi connectivity index (χ2n) is 5.81. The standard InChI is InChI=1S/C18H17N5OS2/c1-22-13-8-9-26-15(13)17(24)23(2)14-10-19-18(21-16(14)22)20-11-4-6-12(25-3)7-5-11/h4-10H,1-3H3,(H,19,20,21). The number of rotatable bonds is 3. The average molecular weight is 384 g/mol. The van der Waals surface area contributed by atoms with E-state index in [0.717, 1.165) is 11.4 Å². The summed E-state index contributed by atoms with van der Waals surface area (Å²) in [5.74, 6) is 1.14. The highest BCUT2D eigenvalue weighted by Gasteiger charge is 2.30. The first-order valence-electron chi connectivity index (χ1n) is 7.96. The monoisotopic (exact) mass is 383 g/mol. The van der Waals surface area contributed by atoms with Gasteiger partial charge in [0.25, 0.3) is 5.91 Å². The number of anilines is 5. The molecule has 0 saturated carbocycles. The molecule has 26 heavy (non-hydrogen) atoms. The summed E-state index contributed by atoms with van der Waals surface area (Å²) in [5.41, 5.74) is 2.46. The Balaban J connectivity index is 1.72. The number of hydrogen-bond acceptors (Lipinski definition) is 7. The largest absolute Gasteiger partial charge is 0.326 e. The molecule has 1 N–H and O–H groups in total. The van der Waals surface area contributed by atoms with Crippen LogP contribution in [-0.4, -0.2) is 36.2 Å². The van der Waals surface area contributed by atoms with Crippen LogP contribution in [0.5, 0.6) is 0 Å². The Hall–Kier alpha value is -2.58. The first kappa shape index (κ1) is 16.9. The van der Waals surface area contributed by atoms with Crippen LogP contribution < -0.4 is 15.1 Å². The molecule has 4 rings (SSSR count). The second kappa shape index (κ2) is 6.62. The summed E-state index contributed by atoms with van der Waals surface area (Å²) in [6, 6.07) is 10.0. The van der Waals surface area contributed by atoms with Crippen LogP contribution in [0.25, 0.3) is 0 Å². The Kier molecular flexibility index (Phi) is 4.29. The maximum Gasteiger partial charge on any atom is 0.270 e. The number of fused-ring (bicyclic) bond motifs is 2. The van der Waals surface area contributed by atoms with Crippen LogP contribution in [0.4, 0.5) is 28.8 Å². The van der Waals surface area contributed by atoms with E-state index in [1.54, 1.807) is 29.9 Å². The van der Waals surface area contributed by atoms with E-state index in [-0.39, 0.29) is 5.91 Å². The number of thiophene rings is 1. The molecule has 2 aromatic heterocycles. The van der Waals surface area contributed by atoms with Crippen molar-refractivity contribution in [3.63, 3.8) is 0 Å². The summed E-state index contributed by atoms with van der Waals surface area (Å²) in [6.07, 6.45) is 3.73. The van der Waals surface area contributed by atoms with Crippen LogP contribution in [0, 0.1) is 0 Å². The lowest BCUT2D eigenvalue weighted by molar-refractivity contribution is 0.0998. The highest BCUT2D eigenvalue weighted by Crippen LogP contribution is 2.40. The average Bonchev–Trinajstić information content (AvgIpc) is 3.14. The van der Waals surface area contributed by atoms with E-state index in [0.29, 0.717) is 22.3 Å². The molecule has 1 aromatic carbocycles. The van der Waals surface area contributed by atoms with E-state index in [4.69, 9.17) is 0 Å². The highest BCUT2D eigenvalue weighted by molar-refractivity contribution is 7.98. The van der Waals surface area contributed by atoms with E-state index < -0.39 is 0 Å². The molecular formula is C18H17N5OS2. The summed E-state index contributed by atoms with van der Waals surface area (Å²) >= 11 is 3.13. The molecule has 1 aliphatic rings. The Morgan fingerprint density at radius 2 is 1.85 bits per heavy atom. The lowest BCUT2D eigenvalue weighted by atomic mass is 10.3. The van der Waals surface area contributed by atoms with Gasteiger partial charge in [0.15, 0.2) is 5.82 Å². The van der Waals surface area contributed by atoms with Crippen molar-refractivity contribution in [2.24, 2.45) is 0 Å². The van der Waals surface area contributed by atoms with Crippen LogP contribution in [0.15, 0.2) is 46.8 Å². The Bertz CT molecular complexity index is 970. The van der Waals surface area contributed by atoms with E-state index >= 15 is 0 Å². The molecule has 132 valence electrons. The topological polar surface area (TPSA) is 61.4 Å². The van der Waals surface area contributed by atoms with Gasteiger partial charge in [-0.05, 0) is 42.0 Å². The minimum atomic E-state index is -0.0439. The van der Waals surface area contributed by atoms with Crippen molar-refractivity contribution in [2.75, 3.05) is 35.5 Å². The zero-order valence-electron chi connectivity index (χ0n) is 14.6. The van der Waals surface area contributed by atoms with Crippen molar-refractivity contribution < 1.29 is 4.79 Å². The van der Waals surface area contributed by atoms with Gasteiger partial charge in [-0.2, -0.15) is 4.98 Å². The Morgan fingerprint density at radius 1 is 1.08 bits per heavy atom. The van der Waals surface area contributed by atoms with Crippen molar-refractivity contribution >= 4 is 57.8 Å². The molecule has 0 atom stereocenters. The first-order chi connectivity index (χ1) is 12.6. The molecule has 0 saturated heterocycles. The molecule has 1 amide bonds. The van der Waals surface area contributed by atoms with E-state index in [1.165, 1.54) is 16.2 Å². The number of nitrogens with zero attached hydrogens (tertiary/aromatic N) is 4. The van der Waals surface area contributed by atoms with E-state index in [1.807, 2.05) is 53.9 Å². The smallest absolute Gasteiger partial charge is 0.270 e. The molecule has 0 spiro atoms. The van der Waals surface area contributed by atoms with Gasteiger partial charge >= 0.3 is 0 Å². The molecular weight excluding hydrogens is 366 g/mol. The van der Waals surface area contributed by atoms with Gasteiger partial charge in [-0.1, -0.05) is 0 Å². The van der Waals surface area contributed by atoms with Crippen molar-refractivity contribution in [3.05, 3.63) is 46.8 Å². The first-order valence-corrected chi connectivity index (χ1v) is 10.1. The molecule has 3 heterocycles. The SMILES string of the molecule is CSc1ccc(Nc2ncc3c(n2)N(C)c2ccsc2C(=O)N3C)cc1. The molecule has 1 aliphatic heterocycles. The fraction of sp³-hybridized carbons (Fsp3) is 0.167. The third kappa shape index (κ3) is 2.81. The normalized spacial score (nSPS) is 13.3. The van der Waals surface area contributed by atoms with Gasteiger partial charge in [-0.15, -0.1) is 23.1 Å². The van der Waals surface area contributed by atoms with E-state index in [9.17, 15) is 4.79 Å². The number of amides is 1. The van der Waals surface area contributed by atoms with Crippen LogP contribution in [0.3, 0.4) is 0 Å². The van der Waals surface area contributed by atoms with Crippen LogP contribution in [-0.2, 0) is 0 Å². The number of benzene rings is 1. The lowest BCUT2D eigenvalue weighted by Gasteiger charge is -2.20. The fourth-order valence-corrected chi connectivity index (χ4v) is 4.12. The number of carbonyl (C=O) groups excluding carboxylic acids is 1. The summed E-state index contributed by atoms with van der Waals surface area (Å²) in [7, 11) is 3.67. The number of aromatic nitrogens is 2. The molecule has 0 fully saturated rings. The zero-order valence-corrected chi connectivity index (χ0v) is 16.2. The minimum absolute atomic E-state index is 0.0439. The van der Waals surface area contributed by atoms with Gasteiger partial charge in [0.1, 0.15) is 10.6 Å². The summed E-state index contributed by atoms with van der Waals surface area (Å²) in [4.78, 5) is 27.2. The number of hydrogen-bond donors (Lipinski definition) is 1. The second-order valence-corrected chi connectivity index (χ2v) is 7.61. The van der Waals surface area contributed by atoms with Crippen molar-refractivity contribution in [2.45, 2.75) is 4.90 Å². The molecule has 0 radical (unpaired) electrons. The lowest BCUT2D eigenvalue weighted by Crippen LogP contribution is -2.25. The van der Waals surface area contributed by atoms with Gasteiger partial charge in [-0.25, -0.2) is 4.98 Å². The third-order valence-corrected chi connectivity index (χ3v) is 5.92. The summed E-state index contributed by atoms with van der Waals surface area (Å²) in [5, 5.41) is 5.15. The Morgan fingerprint density at radius 3 is 2.58 bits per heavy atom. The van der Waals surface area contributed by atoms with Crippen molar-refractivity contribution in [3.8, 4) is 0 Å². The quantitative estimate of drug-likeness (QED) is 0.678.